The van der Waals surface area contributed by atoms with E-state index >= 15 is 0 Å². The summed E-state index contributed by atoms with van der Waals surface area (Å²) in [6.45, 7) is 5.01. The van der Waals surface area contributed by atoms with E-state index < -0.39 is 15.9 Å². The molecule has 0 fully saturated rings. The van der Waals surface area contributed by atoms with Crippen LogP contribution in [0.25, 0.3) is 0 Å². The van der Waals surface area contributed by atoms with Crippen LogP contribution in [0.1, 0.15) is 24.2 Å². The molecule has 0 saturated heterocycles. The van der Waals surface area contributed by atoms with Gasteiger partial charge in [-0.3, -0.25) is 4.79 Å². The van der Waals surface area contributed by atoms with Gasteiger partial charge in [-0.25, -0.2) is 13.1 Å². The van der Waals surface area contributed by atoms with E-state index in [0.717, 1.165) is 6.54 Å². The summed E-state index contributed by atoms with van der Waals surface area (Å²) < 4.78 is 27.1. The van der Waals surface area contributed by atoms with Gasteiger partial charge in [0.2, 0.25) is 15.9 Å². The van der Waals surface area contributed by atoms with Crippen LogP contribution in [0.4, 0.5) is 0 Å². The molecule has 0 spiro atoms. The number of carbonyl (C=O) groups is 1. The van der Waals surface area contributed by atoms with Crippen LogP contribution in [0.5, 0.6) is 0 Å². The third kappa shape index (κ3) is 5.45. The molecule has 0 aliphatic carbocycles. The van der Waals surface area contributed by atoms with Gasteiger partial charge in [0.1, 0.15) is 0 Å². The summed E-state index contributed by atoms with van der Waals surface area (Å²) in [5.41, 5.74) is 5.13. The van der Waals surface area contributed by atoms with E-state index in [-0.39, 0.29) is 15.9 Å². The lowest BCUT2D eigenvalue weighted by Crippen LogP contribution is -2.40. The molecule has 0 aromatic heterocycles. The Labute approximate surface area is 126 Å². The molecule has 0 radical (unpaired) electrons. The zero-order valence-electron chi connectivity index (χ0n) is 12.9. The topological polar surface area (TPSA) is 92.5 Å². The number of nitrogens with zero attached hydrogens (tertiary/aromatic N) is 1. The van der Waals surface area contributed by atoms with Crippen molar-refractivity contribution in [3.63, 3.8) is 0 Å². The SMILES string of the molecule is CN(C)CC(C)(C)CNS(=O)(=O)c1cccc(C(N)=O)c1. The first-order valence-corrected chi connectivity index (χ1v) is 8.06. The fourth-order valence-electron chi connectivity index (χ4n) is 2.10. The van der Waals surface area contributed by atoms with E-state index in [4.69, 9.17) is 5.73 Å². The summed E-state index contributed by atoms with van der Waals surface area (Å²) in [6, 6.07) is 5.70. The number of hydrogen-bond acceptors (Lipinski definition) is 4. The second-order valence-corrected chi connectivity index (χ2v) is 7.89. The van der Waals surface area contributed by atoms with Crippen LogP contribution in [0.3, 0.4) is 0 Å². The van der Waals surface area contributed by atoms with E-state index in [2.05, 4.69) is 4.72 Å². The number of primary amides is 1. The monoisotopic (exact) mass is 313 g/mol. The predicted octanol–water partition coefficient (Wildman–Crippen LogP) is 0.652. The molecular weight excluding hydrogens is 290 g/mol. The molecular formula is C14H23N3O3S. The average Bonchev–Trinajstić information content (AvgIpc) is 2.35. The Bertz CT molecular complexity index is 610. The van der Waals surface area contributed by atoms with Gasteiger partial charge in [-0.1, -0.05) is 19.9 Å². The highest BCUT2D eigenvalue weighted by molar-refractivity contribution is 7.89. The Morgan fingerprint density at radius 3 is 2.48 bits per heavy atom. The van der Waals surface area contributed by atoms with Crippen molar-refractivity contribution in [1.29, 1.82) is 0 Å². The van der Waals surface area contributed by atoms with Crippen LogP contribution in [-0.4, -0.2) is 46.4 Å². The largest absolute Gasteiger partial charge is 0.366 e. The molecule has 1 amide bonds. The second kappa shape index (κ2) is 6.55. The van der Waals surface area contributed by atoms with Gasteiger partial charge in [-0.15, -0.1) is 0 Å². The zero-order valence-corrected chi connectivity index (χ0v) is 13.7. The lowest BCUT2D eigenvalue weighted by atomic mass is 9.93. The molecule has 118 valence electrons. The number of nitrogens with two attached hydrogens (primary N) is 1. The molecule has 1 rings (SSSR count). The first-order valence-electron chi connectivity index (χ1n) is 6.58. The summed E-state index contributed by atoms with van der Waals surface area (Å²) in [7, 11) is 0.213. The van der Waals surface area contributed by atoms with Crippen molar-refractivity contribution in [3.8, 4) is 0 Å². The first-order chi connectivity index (χ1) is 9.53. The Hall–Kier alpha value is -1.44. The lowest BCUT2D eigenvalue weighted by Gasteiger charge is -2.28. The summed E-state index contributed by atoms with van der Waals surface area (Å²) >= 11 is 0. The van der Waals surface area contributed by atoms with Crippen molar-refractivity contribution in [3.05, 3.63) is 29.8 Å². The van der Waals surface area contributed by atoms with Crippen LogP contribution in [0.15, 0.2) is 29.2 Å². The zero-order chi connectivity index (χ0) is 16.3. The maximum absolute atomic E-state index is 12.3. The highest BCUT2D eigenvalue weighted by atomic mass is 32.2. The molecule has 1 aromatic carbocycles. The van der Waals surface area contributed by atoms with Crippen LogP contribution in [-0.2, 0) is 10.0 Å². The minimum absolute atomic E-state index is 0.0412. The van der Waals surface area contributed by atoms with E-state index in [1.807, 2.05) is 32.8 Å². The maximum Gasteiger partial charge on any atom is 0.248 e. The smallest absolute Gasteiger partial charge is 0.248 e. The van der Waals surface area contributed by atoms with Crippen LogP contribution in [0.2, 0.25) is 0 Å². The van der Waals surface area contributed by atoms with Gasteiger partial charge >= 0.3 is 0 Å². The number of sulfonamides is 1. The molecule has 0 heterocycles. The molecule has 0 unspecified atom stereocenters. The molecule has 3 N–H and O–H groups in total. The Balaban J connectivity index is 2.87. The Morgan fingerprint density at radius 1 is 1.33 bits per heavy atom. The van der Waals surface area contributed by atoms with Crippen molar-refractivity contribution in [2.75, 3.05) is 27.2 Å². The normalized spacial score (nSPS) is 12.6. The molecule has 21 heavy (non-hydrogen) atoms. The Kier molecular flexibility index (Phi) is 5.49. The van der Waals surface area contributed by atoms with E-state index in [1.165, 1.54) is 24.3 Å². The number of hydrogen-bond donors (Lipinski definition) is 2. The van der Waals surface area contributed by atoms with Gasteiger partial charge in [0.25, 0.3) is 0 Å². The Morgan fingerprint density at radius 2 is 1.95 bits per heavy atom. The molecule has 0 aliphatic rings. The highest BCUT2D eigenvalue weighted by Gasteiger charge is 2.23. The third-order valence-electron chi connectivity index (χ3n) is 2.91. The van der Waals surface area contributed by atoms with Gasteiger partial charge in [-0.2, -0.15) is 0 Å². The molecule has 0 atom stereocenters. The minimum atomic E-state index is -3.66. The van der Waals surface area contributed by atoms with Gasteiger partial charge in [-0.05, 0) is 37.7 Å². The number of rotatable bonds is 7. The number of amides is 1. The molecule has 0 aliphatic heterocycles. The minimum Gasteiger partial charge on any atom is -0.366 e. The third-order valence-corrected chi connectivity index (χ3v) is 4.31. The van der Waals surface area contributed by atoms with Crippen molar-refractivity contribution in [2.45, 2.75) is 18.7 Å². The maximum atomic E-state index is 12.3. The lowest BCUT2D eigenvalue weighted by molar-refractivity contribution is 0.1000. The summed E-state index contributed by atoms with van der Waals surface area (Å²) in [5, 5.41) is 0. The highest BCUT2D eigenvalue weighted by Crippen LogP contribution is 2.17. The van der Waals surface area contributed by atoms with Crippen molar-refractivity contribution < 1.29 is 13.2 Å². The van der Waals surface area contributed by atoms with Gasteiger partial charge < -0.3 is 10.6 Å². The number of nitrogens with one attached hydrogen (secondary N) is 1. The average molecular weight is 313 g/mol. The fraction of sp³-hybridized carbons (Fsp3) is 0.500. The molecule has 0 bridgehead atoms. The summed E-state index contributed by atoms with van der Waals surface area (Å²) in [4.78, 5) is 13.2. The molecule has 0 saturated carbocycles. The first kappa shape index (κ1) is 17.6. The van der Waals surface area contributed by atoms with E-state index in [1.54, 1.807) is 0 Å². The standard InChI is InChI=1S/C14H23N3O3S/c1-14(2,10-17(3)4)9-16-21(19,20)12-7-5-6-11(8-12)13(15)18/h5-8,16H,9-10H2,1-4H3,(H2,15,18). The van der Waals surface area contributed by atoms with Crippen LogP contribution in [0, 0.1) is 5.41 Å². The quantitative estimate of drug-likeness (QED) is 0.773. The second-order valence-electron chi connectivity index (χ2n) is 6.12. The molecule has 7 heteroatoms. The molecule has 6 nitrogen and oxygen atoms in total. The summed E-state index contributed by atoms with van der Waals surface area (Å²) in [6.07, 6.45) is 0. The van der Waals surface area contributed by atoms with Crippen molar-refractivity contribution in [2.24, 2.45) is 11.1 Å². The van der Waals surface area contributed by atoms with E-state index in [9.17, 15) is 13.2 Å². The number of benzene rings is 1. The van der Waals surface area contributed by atoms with Crippen molar-refractivity contribution in [1.82, 2.24) is 9.62 Å². The summed E-state index contributed by atoms with van der Waals surface area (Å²) in [5.74, 6) is -0.653. The van der Waals surface area contributed by atoms with Crippen molar-refractivity contribution >= 4 is 15.9 Å². The van der Waals surface area contributed by atoms with Gasteiger partial charge in [0.15, 0.2) is 0 Å². The molecule has 1 aromatic rings. The van der Waals surface area contributed by atoms with Crippen LogP contribution < -0.4 is 10.5 Å². The van der Waals surface area contributed by atoms with Gasteiger partial charge in [0, 0.05) is 18.7 Å². The number of carbonyl (C=O) groups excluding carboxylic acids is 1. The fourth-order valence-corrected chi connectivity index (χ4v) is 3.39. The van der Waals surface area contributed by atoms with Crippen LogP contribution >= 0.6 is 0 Å². The van der Waals surface area contributed by atoms with Gasteiger partial charge in [0.05, 0.1) is 4.90 Å². The van der Waals surface area contributed by atoms with E-state index in [0.29, 0.717) is 6.54 Å². The predicted molar refractivity (Wildman–Crippen MR) is 82.5 cm³/mol.